The predicted molar refractivity (Wildman–Crippen MR) is 118 cm³/mol. The third-order valence-electron chi connectivity index (χ3n) is 4.62. The number of benzene rings is 2. The number of aromatic nitrogens is 5. The molecule has 0 saturated carbocycles. The van der Waals surface area contributed by atoms with Crippen LogP contribution in [0.5, 0.6) is 11.5 Å². The van der Waals surface area contributed by atoms with Gasteiger partial charge in [-0.25, -0.2) is 10.1 Å². The summed E-state index contributed by atoms with van der Waals surface area (Å²) >= 11 is 0. The minimum Gasteiger partial charge on any atom is -0.507 e. The molecular formula is C21H20N8O4. The van der Waals surface area contributed by atoms with Crippen molar-refractivity contribution in [1.82, 2.24) is 30.7 Å². The van der Waals surface area contributed by atoms with Gasteiger partial charge in [-0.15, -0.1) is 5.10 Å². The van der Waals surface area contributed by atoms with Gasteiger partial charge in [0.2, 0.25) is 11.6 Å². The van der Waals surface area contributed by atoms with Crippen LogP contribution < -0.4 is 15.9 Å². The molecule has 0 bridgehead atoms. The van der Waals surface area contributed by atoms with Crippen LogP contribution in [0.3, 0.4) is 0 Å². The molecule has 168 valence electrons. The van der Waals surface area contributed by atoms with Gasteiger partial charge in [0.05, 0.1) is 12.3 Å². The zero-order chi connectivity index (χ0) is 23.4. The quantitative estimate of drug-likeness (QED) is 0.283. The largest absolute Gasteiger partial charge is 0.507 e. The van der Waals surface area contributed by atoms with E-state index in [0.29, 0.717) is 29.2 Å². The van der Waals surface area contributed by atoms with Crippen molar-refractivity contribution in [1.29, 1.82) is 0 Å². The van der Waals surface area contributed by atoms with Gasteiger partial charge < -0.3 is 15.6 Å². The van der Waals surface area contributed by atoms with Gasteiger partial charge in [-0.2, -0.15) is 9.78 Å². The number of phenols is 1. The van der Waals surface area contributed by atoms with Crippen molar-refractivity contribution in [3.63, 3.8) is 0 Å². The van der Waals surface area contributed by atoms with E-state index in [9.17, 15) is 9.90 Å². The van der Waals surface area contributed by atoms with E-state index in [1.54, 1.807) is 49.4 Å². The van der Waals surface area contributed by atoms with Gasteiger partial charge in [-0.3, -0.25) is 4.79 Å². The number of hydrogen-bond acceptors (Lipinski definition) is 10. The molecule has 12 heteroatoms. The van der Waals surface area contributed by atoms with Gasteiger partial charge >= 0.3 is 0 Å². The maximum absolute atomic E-state index is 13.0. The molecule has 0 spiro atoms. The first kappa shape index (κ1) is 21.5. The molecule has 1 amide bonds. The zero-order valence-corrected chi connectivity index (χ0v) is 17.8. The average Bonchev–Trinajstić information content (AvgIpc) is 3.44. The van der Waals surface area contributed by atoms with E-state index in [1.165, 1.54) is 10.7 Å². The standard InChI is InChI=1S/C21H20N8O4/c1-3-32-14-8-6-7-13(11-14)18-17(24-28-29(18)20-19(22)26-33-27-20)21(31)25-23-12(2)15-9-4-5-10-16(15)30/h4-11,30H,3H2,1-2H3,(H2,22,26)(H,25,31)/b23-12+. The molecule has 4 aromatic rings. The second-order valence-corrected chi connectivity index (χ2v) is 6.79. The molecule has 0 aliphatic carbocycles. The molecule has 0 unspecified atom stereocenters. The second kappa shape index (κ2) is 9.18. The van der Waals surface area contributed by atoms with Gasteiger partial charge in [-0.05, 0) is 48.4 Å². The highest BCUT2D eigenvalue weighted by atomic mass is 16.6. The number of nitrogen functional groups attached to an aromatic ring is 1. The first-order chi connectivity index (χ1) is 16.0. The van der Waals surface area contributed by atoms with Crippen molar-refractivity contribution in [2.75, 3.05) is 12.3 Å². The Morgan fingerprint density at radius 1 is 1.24 bits per heavy atom. The number of carbonyl (C=O) groups excluding carboxylic acids is 1. The maximum Gasteiger partial charge on any atom is 0.294 e. The Labute approximate surface area is 187 Å². The Hall–Kier alpha value is -4.74. The van der Waals surface area contributed by atoms with E-state index in [4.69, 9.17) is 10.5 Å². The minimum absolute atomic E-state index is 0.0255. The Kier molecular flexibility index (Phi) is 5.98. The van der Waals surface area contributed by atoms with Crippen molar-refractivity contribution in [2.45, 2.75) is 13.8 Å². The lowest BCUT2D eigenvalue weighted by Crippen LogP contribution is -2.21. The van der Waals surface area contributed by atoms with Crippen molar-refractivity contribution in [3.8, 4) is 28.6 Å². The summed E-state index contributed by atoms with van der Waals surface area (Å²) in [4.78, 5) is 13.0. The van der Waals surface area contributed by atoms with E-state index in [2.05, 4.69) is 35.8 Å². The molecule has 2 aromatic heterocycles. The molecule has 2 heterocycles. The zero-order valence-electron chi connectivity index (χ0n) is 17.8. The second-order valence-electron chi connectivity index (χ2n) is 6.79. The van der Waals surface area contributed by atoms with E-state index < -0.39 is 5.91 Å². The normalized spacial score (nSPS) is 11.4. The summed E-state index contributed by atoms with van der Waals surface area (Å²) in [6.45, 7) is 3.99. The van der Waals surface area contributed by atoms with Gasteiger partial charge in [0.15, 0.2) is 5.69 Å². The van der Waals surface area contributed by atoms with Crippen molar-refractivity contribution < 1.29 is 19.3 Å². The van der Waals surface area contributed by atoms with Crippen LogP contribution in [0.2, 0.25) is 0 Å². The molecule has 12 nitrogen and oxygen atoms in total. The van der Waals surface area contributed by atoms with Crippen molar-refractivity contribution in [2.24, 2.45) is 5.10 Å². The lowest BCUT2D eigenvalue weighted by atomic mass is 10.1. The Balaban J connectivity index is 1.74. The van der Waals surface area contributed by atoms with Crippen LogP contribution in [0.1, 0.15) is 29.9 Å². The molecule has 0 saturated heterocycles. The first-order valence-corrected chi connectivity index (χ1v) is 9.90. The number of hydrazone groups is 1. The molecule has 4 rings (SSSR count). The smallest absolute Gasteiger partial charge is 0.294 e. The number of para-hydroxylation sites is 1. The lowest BCUT2D eigenvalue weighted by Gasteiger charge is -2.09. The lowest BCUT2D eigenvalue weighted by molar-refractivity contribution is 0.0950. The Bertz CT molecular complexity index is 1330. The summed E-state index contributed by atoms with van der Waals surface area (Å²) in [5.74, 6) is 0.0488. The van der Waals surface area contributed by atoms with E-state index in [0.717, 1.165) is 0 Å². The number of ether oxygens (including phenoxy) is 1. The highest BCUT2D eigenvalue weighted by Crippen LogP contribution is 2.29. The molecule has 2 aromatic carbocycles. The Morgan fingerprint density at radius 2 is 2.06 bits per heavy atom. The van der Waals surface area contributed by atoms with Crippen LogP contribution in [0.4, 0.5) is 5.82 Å². The van der Waals surface area contributed by atoms with Gasteiger partial charge in [0, 0.05) is 11.1 Å². The highest BCUT2D eigenvalue weighted by Gasteiger charge is 2.25. The molecule has 0 aliphatic rings. The summed E-state index contributed by atoms with van der Waals surface area (Å²) < 4.78 is 11.5. The third kappa shape index (κ3) is 4.35. The number of phenolic OH excluding ortho intramolecular Hbond substituents is 1. The van der Waals surface area contributed by atoms with Gasteiger partial charge in [-0.1, -0.05) is 29.5 Å². The van der Waals surface area contributed by atoms with E-state index >= 15 is 0 Å². The van der Waals surface area contributed by atoms with Crippen LogP contribution in [0.15, 0.2) is 58.3 Å². The number of nitrogens with two attached hydrogens (primary N) is 1. The van der Waals surface area contributed by atoms with Gasteiger partial charge in [0.1, 0.15) is 17.2 Å². The number of nitrogens with zero attached hydrogens (tertiary/aromatic N) is 6. The van der Waals surface area contributed by atoms with Crippen molar-refractivity contribution in [3.05, 3.63) is 59.8 Å². The SMILES string of the molecule is CCOc1cccc(-c2c(C(=O)N/N=C(\C)c3ccccc3O)nnn2-c2nonc2N)c1. The van der Waals surface area contributed by atoms with E-state index in [-0.39, 0.29) is 28.8 Å². The molecule has 33 heavy (non-hydrogen) atoms. The fourth-order valence-electron chi connectivity index (χ4n) is 3.11. The number of nitrogens with one attached hydrogen (secondary N) is 1. The molecule has 0 atom stereocenters. The number of amides is 1. The molecule has 0 fully saturated rings. The number of anilines is 1. The molecule has 4 N–H and O–H groups in total. The van der Waals surface area contributed by atoms with Gasteiger partial charge in [0.25, 0.3) is 5.91 Å². The van der Waals surface area contributed by atoms with Crippen LogP contribution in [-0.2, 0) is 0 Å². The number of rotatable bonds is 7. The molecular weight excluding hydrogens is 428 g/mol. The highest BCUT2D eigenvalue weighted by molar-refractivity contribution is 6.03. The molecule has 0 radical (unpaired) electrons. The first-order valence-electron chi connectivity index (χ1n) is 9.90. The maximum atomic E-state index is 13.0. The number of aromatic hydroxyl groups is 1. The fraction of sp³-hybridized carbons (Fsp3) is 0.143. The molecule has 0 aliphatic heterocycles. The summed E-state index contributed by atoms with van der Waals surface area (Å²) in [6, 6.07) is 13.7. The Morgan fingerprint density at radius 3 is 2.79 bits per heavy atom. The number of carbonyl (C=O) groups is 1. The minimum atomic E-state index is -0.636. The summed E-state index contributed by atoms with van der Waals surface area (Å²) in [6.07, 6.45) is 0. The average molecular weight is 448 g/mol. The summed E-state index contributed by atoms with van der Waals surface area (Å²) in [5.41, 5.74) is 9.97. The van der Waals surface area contributed by atoms with Crippen LogP contribution in [-0.4, -0.2) is 48.6 Å². The fourth-order valence-corrected chi connectivity index (χ4v) is 3.11. The van der Waals surface area contributed by atoms with Crippen LogP contribution in [0, 0.1) is 0 Å². The number of hydrogen-bond donors (Lipinski definition) is 3. The summed E-state index contributed by atoms with van der Waals surface area (Å²) in [5, 5.41) is 29.4. The van der Waals surface area contributed by atoms with Crippen LogP contribution >= 0.6 is 0 Å². The topological polar surface area (TPSA) is 167 Å². The third-order valence-corrected chi connectivity index (χ3v) is 4.62. The van der Waals surface area contributed by atoms with Crippen molar-refractivity contribution >= 4 is 17.4 Å². The predicted octanol–water partition coefficient (Wildman–Crippen LogP) is 2.16. The summed E-state index contributed by atoms with van der Waals surface area (Å²) in [7, 11) is 0. The van der Waals surface area contributed by atoms with Crippen LogP contribution in [0.25, 0.3) is 17.1 Å². The monoisotopic (exact) mass is 448 g/mol. The van der Waals surface area contributed by atoms with E-state index in [1.807, 2.05) is 6.92 Å².